The number of fused-ring (bicyclic) bond motifs is 1. The number of hydrogen-bond donors (Lipinski definition) is 1. The van der Waals surface area contributed by atoms with Crippen molar-refractivity contribution in [2.24, 2.45) is 0 Å². The van der Waals surface area contributed by atoms with E-state index >= 15 is 0 Å². The summed E-state index contributed by atoms with van der Waals surface area (Å²) in [5.41, 5.74) is 2.44. The van der Waals surface area contributed by atoms with Crippen LogP contribution in [0, 0.1) is 0 Å². The summed E-state index contributed by atoms with van der Waals surface area (Å²) in [5.74, 6) is -0.817. The molecule has 0 heterocycles. The van der Waals surface area contributed by atoms with E-state index in [1.54, 1.807) is 0 Å². The lowest BCUT2D eigenvalue weighted by atomic mass is 9.88. The molecule has 0 spiro atoms. The first-order chi connectivity index (χ1) is 9.70. The summed E-state index contributed by atoms with van der Waals surface area (Å²) >= 11 is 0. The highest BCUT2D eigenvalue weighted by molar-refractivity contribution is 5.81. The lowest BCUT2D eigenvalue weighted by molar-refractivity contribution is -0.152. The number of rotatable bonds is 5. The van der Waals surface area contributed by atoms with Crippen molar-refractivity contribution in [1.82, 2.24) is 5.32 Å². The van der Waals surface area contributed by atoms with Crippen LogP contribution in [0.1, 0.15) is 30.0 Å². The highest BCUT2D eigenvalue weighted by Gasteiger charge is 2.21. The predicted octanol–water partition coefficient (Wildman–Crippen LogP) is 1.37. The van der Waals surface area contributed by atoms with Crippen molar-refractivity contribution in [3.63, 3.8) is 0 Å². The molecule has 1 aliphatic carbocycles. The first kappa shape index (κ1) is 14.5. The number of benzene rings is 1. The van der Waals surface area contributed by atoms with Gasteiger partial charge in [-0.2, -0.15) is 0 Å². The van der Waals surface area contributed by atoms with Crippen molar-refractivity contribution in [1.29, 1.82) is 0 Å². The number of carbonyl (C=O) groups is 2. The molecule has 0 aliphatic heterocycles. The number of ether oxygens (including phenoxy) is 2. The Hall–Kier alpha value is -1.88. The molecule has 0 radical (unpaired) electrons. The number of amides is 1. The second-order valence-electron chi connectivity index (χ2n) is 4.80. The zero-order chi connectivity index (χ0) is 14.4. The molecule has 0 aromatic heterocycles. The molecule has 1 aliphatic rings. The minimum Gasteiger partial charge on any atom is -0.454 e. The van der Waals surface area contributed by atoms with E-state index in [-0.39, 0.29) is 25.2 Å². The average Bonchev–Trinajstić information content (AvgIpc) is 2.46. The lowest BCUT2D eigenvalue weighted by Crippen LogP contribution is -2.34. The molecular weight excluding hydrogens is 258 g/mol. The Balaban J connectivity index is 1.88. The van der Waals surface area contributed by atoms with Crippen LogP contribution in [0.25, 0.3) is 0 Å². The van der Waals surface area contributed by atoms with Crippen molar-refractivity contribution in [2.45, 2.75) is 25.3 Å². The highest BCUT2D eigenvalue weighted by Crippen LogP contribution is 2.29. The molecule has 108 valence electrons. The molecule has 0 fully saturated rings. The standard InChI is InChI=1S/C15H19NO4/c1-19-10-15(18)20-9-14(17)16-13-8-4-6-11-5-2-3-7-12(11)13/h2-3,5,7,13H,4,6,8-10H2,1H3,(H,16,17)/t13-/m1/s1. The van der Waals surface area contributed by atoms with Crippen LogP contribution in [0.2, 0.25) is 0 Å². The largest absolute Gasteiger partial charge is 0.454 e. The normalized spacial score (nSPS) is 17.1. The number of nitrogens with one attached hydrogen (secondary N) is 1. The van der Waals surface area contributed by atoms with Gasteiger partial charge in [-0.1, -0.05) is 24.3 Å². The van der Waals surface area contributed by atoms with Crippen molar-refractivity contribution in [2.75, 3.05) is 20.3 Å². The van der Waals surface area contributed by atoms with E-state index in [1.165, 1.54) is 12.7 Å². The van der Waals surface area contributed by atoms with Crippen LogP contribution < -0.4 is 5.32 Å². The summed E-state index contributed by atoms with van der Waals surface area (Å²) in [6.07, 6.45) is 3.01. The molecule has 5 heteroatoms. The molecule has 1 aromatic rings. The molecule has 2 rings (SSSR count). The molecule has 1 atom stereocenters. The Morgan fingerprint density at radius 3 is 2.90 bits per heavy atom. The lowest BCUT2D eigenvalue weighted by Gasteiger charge is -2.26. The predicted molar refractivity (Wildman–Crippen MR) is 73.1 cm³/mol. The van der Waals surface area contributed by atoms with E-state index < -0.39 is 5.97 Å². The van der Waals surface area contributed by atoms with E-state index in [0.717, 1.165) is 24.8 Å². The fourth-order valence-corrected chi connectivity index (χ4v) is 2.45. The maximum Gasteiger partial charge on any atom is 0.332 e. The van der Waals surface area contributed by atoms with Gasteiger partial charge >= 0.3 is 5.97 Å². The molecular formula is C15H19NO4. The second kappa shape index (κ2) is 7.05. The Bertz CT molecular complexity index is 487. The molecule has 0 saturated carbocycles. The zero-order valence-corrected chi connectivity index (χ0v) is 11.6. The van der Waals surface area contributed by atoms with Gasteiger partial charge in [-0.25, -0.2) is 4.79 Å². The van der Waals surface area contributed by atoms with Crippen LogP contribution in [0.15, 0.2) is 24.3 Å². The fraction of sp³-hybridized carbons (Fsp3) is 0.467. The first-order valence-corrected chi connectivity index (χ1v) is 6.72. The summed E-state index contributed by atoms with van der Waals surface area (Å²) in [4.78, 5) is 22.9. The third-order valence-electron chi connectivity index (χ3n) is 3.33. The molecule has 5 nitrogen and oxygen atoms in total. The highest BCUT2D eigenvalue weighted by atomic mass is 16.6. The van der Waals surface area contributed by atoms with Gasteiger partial charge in [0.1, 0.15) is 6.61 Å². The monoisotopic (exact) mass is 277 g/mol. The van der Waals surface area contributed by atoms with Gasteiger partial charge in [0, 0.05) is 7.11 Å². The number of carbonyl (C=O) groups excluding carboxylic acids is 2. The van der Waals surface area contributed by atoms with Crippen molar-refractivity contribution < 1.29 is 19.1 Å². The Morgan fingerprint density at radius 1 is 1.30 bits per heavy atom. The summed E-state index contributed by atoms with van der Waals surface area (Å²) in [7, 11) is 1.40. The van der Waals surface area contributed by atoms with E-state index in [0.29, 0.717) is 0 Å². The topological polar surface area (TPSA) is 64.6 Å². The van der Waals surface area contributed by atoms with Crippen LogP contribution in [-0.2, 0) is 25.5 Å². The summed E-state index contributed by atoms with van der Waals surface area (Å²) in [5, 5.41) is 2.92. The molecule has 1 amide bonds. The van der Waals surface area contributed by atoms with Gasteiger partial charge in [0.05, 0.1) is 6.04 Å². The Morgan fingerprint density at radius 2 is 2.10 bits per heavy atom. The van der Waals surface area contributed by atoms with Gasteiger partial charge in [-0.15, -0.1) is 0 Å². The van der Waals surface area contributed by atoms with Crippen molar-refractivity contribution in [3.05, 3.63) is 35.4 Å². The van der Waals surface area contributed by atoms with Crippen molar-refractivity contribution in [3.8, 4) is 0 Å². The number of aryl methyl sites for hydroxylation is 1. The van der Waals surface area contributed by atoms with Crippen LogP contribution in [0.4, 0.5) is 0 Å². The van der Waals surface area contributed by atoms with Crippen LogP contribution in [0.3, 0.4) is 0 Å². The Labute approximate surface area is 118 Å². The van der Waals surface area contributed by atoms with Gasteiger partial charge in [-0.05, 0) is 30.4 Å². The van der Waals surface area contributed by atoms with E-state index in [4.69, 9.17) is 4.74 Å². The average molecular weight is 277 g/mol. The second-order valence-corrected chi connectivity index (χ2v) is 4.80. The maximum absolute atomic E-state index is 11.8. The number of esters is 1. The van der Waals surface area contributed by atoms with Crippen LogP contribution in [0.5, 0.6) is 0 Å². The first-order valence-electron chi connectivity index (χ1n) is 6.72. The SMILES string of the molecule is COCC(=O)OCC(=O)N[C@@H]1CCCc2ccccc21. The van der Waals surface area contributed by atoms with Crippen LogP contribution in [-0.4, -0.2) is 32.2 Å². The third-order valence-corrected chi connectivity index (χ3v) is 3.33. The van der Waals surface area contributed by atoms with Gasteiger partial charge < -0.3 is 14.8 Å². The van der Waals surface area contributed by atoms with E-state index in [1.807, 2.05) is 18.2 Å². The number of hydrogen-bond acceptors (Lipinski definition) is 4. The minimum atomic E-state index is -0.535. The molecule has 20 heavy (non-hydrogen) atoms. The molecule has 1 aromatic carbocycles. The van der Waals surface area contributed by atoms with E-state index in [2.05, 4.69) is 16.1 Å². The summed E-state index contributed by atoms with van der Waals surface area (Å²) in [6.45, 7) is -0.402. The molecule has 1 N–H and O–H groups in total. The van der Waals surface area contributed by atoms with Crippen LogP contribution >= 0.6 is 0 Å². The zero-order valence-electron chi connectivity index (χ0n) is 11.6. The summed E-state index contributed by atoms with van der Waals surface area (Å²) < 4.78 is 9.42. The molecule has 0 saturated heterocycles. The maximum atomic E-state index is 11.8. The summed E-state index contributed by atoms with van der Waals surface area (Å²) in [6, 6.07) is 8.12. The fourth-order valence-electron chi connectivity index (χ4n) is 2.45. The van der Waals surface area contributed by atoms with Gasteiger partial charge in [0.25, 0.3) is 5.91 Å². The Kier molecular flexibility index (Phi) is 5.12. The quantitative estimate of drug-likeness (QED) is 0.826. The minimum absolute atomic E-state index is 0.00794. The van der Waals surface area contributed by atoms with E-state index in [9.17, 15) is 9.59 Å². The molecule has 0 bridgehead atoms. The smallest absolute Gasteiger partial charge is 0.332 e. The number of methoxy groups -OCH3 is 1. The molecule has 0 unspecified atom stereocenters. The van der Waals surface area contributed by atoms with Gasteiger partial charge in [-0.3, -0.25) is 4.79 Å². The van der Waals surface area contributed by atoms with Crippen molar-refractivity contribution >= 4 is 11.9 Å². The van der Waals surface area contributed by atoms with Gasteiger partial charge in [0.2, 0.25) is 0 Å². The van der Waals surface area contributed by atoms with Gasteiger partial charge in [0.15, 0.2) is 6.61 Å². The third kappa shape index (κ3) is 3.81.